The monoisotopic (exact) mass is 1180 g/mol. The largest absolute Gasteiger partial charge is 0.479 e. The fourth-order valence-corrected chi connectivity index (χ4v) is 11.4. The first-order valence-corrected chi connectivity index (χ1v) is 35.7. The molecule has 0 radical (unpaired) electrons. The Labute approximate surface area is 509 Å². The van der Waals surface area contributed by atoms with Gasteiger partial charge in [0.25, 0.3) is 0 Å². The number of carbonyl (C=O) groups excluding carboxylic acids is 3. The first-order valence-electron chi connectivity index (χ1n) is 35.7. The molecule has 488 valence electrons. The van der Waals surface area contributed by atoms with Crippen molar-refractivity contribution in [1.29, 1.82) is 0 Å². The third-order valence-corrected chi connectivity index (χ3v) is 16.8. The van der Waals surface area contributed by atoms with Gasteiger partial charge in [-0.25, -0.2) is 4.79 Å². The number of hydrogen-bond acceptors (Lipinski definition) is 11. The summed E-state index contributed by atoms with van der Waals surface area (Å²) in [6.45, 7) is 6.07. The van der Waals surface area contributed by atoms with E-state index in [2.05, 4.69) is 32.9 Å². The molecule has 0 amide bonds. The molecule has 0 spiro atoms. The van der Waals surface area contributed by atoms with Gasteiger partial charge in [-0.05, 0) is 44.9 Å². The molecule has 6 unspecified atom stereocenters. The van der Waals surface area contributed by atoms with Gasteiger partial charge < -0.3 is 39.0 Å². The molecule has 1 aliphatic rings. The van der Waals surface area contributed by atoms with Crippen LogP contribution in [0.3, 0.4) is 0 Å². The highest BCUT2D eigenvalue weighted by molar-refractivity contribution is 5.74. The molecular formula is C71H132O12. The first kappa shape index (κ1) is 78.5. The van der Waals surface area contributed by atoms with E-state index in [-0.39, 0.29) is 25.9 Å². The van der Waals surface area contributed by atoms with Gasteiger partial charge in [0, 0.05) is 19.3 Å². The summed E-state index contributed by atoms with van der Waals surface area (Å²) in [6, 6.07) is 0. The van der Waals surface area contributed by atoms with Crippen molar-refractivity contribution in [2.75, 3.05) is 13.2 Å². The number of rotatable bonds is 63. The molecule has 0 bridgehead atoms. The van der Waals surface area contributed by atoms with Gasteiger partial charge in [-0.3, -0.25) is 14.4 Å². The quantitative estimate of drug-likeness (QED) is 0.0228. The van der Waals surface area contributed by atoms with Crippen LogP contribution in [0, 0.1) is 0 Å². The summed E-state index contributed by atoms with van der Waals surface area (Å²) in [5.74, 6) is -3.08. The summed E-state index contributed by atoms with van der Waals surface area (Å²) in [7, 11) is 0. The average molecular weight is 1180 g/mol. The van der Waals surface area contributed by atoms with E-state index in [0.29, 0.717) is 19.3 Å². The Morgan fingerprint density at radius 1 is 0.386 bits per heavy atom. The third kappa shape index (κ3) is 49.2. The standard InChI is InChI=1S/C71H132O12/c1-4-7-10-13-16-19-22-25-28-30-32-34-37-39-42-45-48-51-54-57-63(72)79-60-62(81-64(73)58-55-52-49-46-43-40-36-27-24-21-18-15-12-9-6-3)61-80-71-69(67(76)66(75)68(83-71)70(77)78)82-65(74)59-56-53-50-47-44-41-38-35-33-31-29-26-23-20-17-14-11-8-5-2/h27,36,62,66-69,71,75-76H,4-26,28-35,37-61H2,1-3H3,(H,77,78)/b36-27-. The average Bonchev–Trinajstić information content (AvgIpc) is 3.60. The number of hydrogen-bond donors (Lipinski definition) is 3. The first-order chi connectivity index (χ1) is 40.6. The molecule has 3 N–H and O–H groups in total. The fraction of sp³-hybridized carbons (Fsp3) is 0.915. The van der Waals surface area contributed by atoms with Crippen LogP contribution in [-0.2, 0) is 42.9 Å². The number of aliphatic carboxylic acids is 1. The molecule has 0 aliphatic carbocycles. The number of aliphatic hydroxyl groups excluding tert-OH is 2. The zero-order valence-electron chi connectivity index (χ0n) is 54.2. The van der Waals surface area contributed by atoms with Crippen LogP contribution in [0.2, 0.25) is 0 Å². The van der Waals surface area contributed by atoms with E-state index >= 15 is 0 Å². The van der Waals surface area contributed by atoms with E-state index in [1.54, 1.807) is 0 Å². The lowest BCUT2D eigenvalue weighted by atomic mass is 9.98. The number of unbranched alkanes of at least 4 members (excludes halogenated alkanes) is 47. The summed E-state index contributed by atoms with van der Waals surface area (Å²) in [5.41, 5.74) is 0. The number of aliphatic hydroxyl groups is 2. The number of esters is 3. The van der Waals surface area contributed by atoms with E-state index in [1.165, 1.54) is 231 Å². The number of carboxylic acid groups (broad SMARTS) is 1. The number of ether oxygens (including phenoxy) is 5. The summed E-state index contributed by atoms with van der Waals surface area (Å²) < 4.78 is 28.6. The topological polar surface area (TPSA) is 175 Å². The van der Waals surface area contributed by atoms with Crippen molar-refractivity contribution in [3.63, 3.8) is 0 Å². The Kier molecular flexibility index (Phi) is 56.5. The van der Waals surface area contributed by atoms with Crippen molar-refractivity contribution < 1.29 is 58.2 Å². The molecular weight excluding hydrogens is 1040 g/mol. The van der Waals surface area contributed by atoms with E-state index in [1.807, 2.05) is 0 Å². The van der Waals surface area contributed by atoms with Crippen molar-refractivity contribution in [2.24, 2.45) is 0 Å². The summed E-state index contributed by atoms with van der Waals surface area (Å²) in [5, 5.41) is 31.7. The van der Waals surface area contributed by atoms with Gasteiger partial charge in [-0.15, -0.1) is 0 Å². The fourth-order valence-electron chi connectivity index (χ4n) is 11.4. The van der Waals surface area contributed by atoms with Crippen LogP contribution < -0.4 is 0 Å². The Hall–Kier alpha value is -2.54. The van der Waals surface area contributed by atoms with Crippen molar-refractivity contribution in [3.05, 3.63) is 12.2 Å². The molecule has 0 saturated carbocycles. The number of allylic oxidation sites excluding steroid dienone is 2. The van der Waals surface area contributed by atoms with Gasteiger partial charge >= 0.3 is 23.9 Å². The zero-order chi connectivity index (χ0) is 60.3. The molecule has 83 heavy (non-hydrogen) atoms. The van der Waals surface area contributed by atoms with Crippen LogP contribution in [0.25, 0.3) is 0 Å². The Morgan fingerprint density at radius 3 is 1.02 bits per heavy atom. The second-order valence-corrected chi connectivity index (χ2v) is 24.9. The molecule has 12 heteroatoms. The van der Waals surface area contributed by atoms with Crippen molar-refractivity contribution >= 4 is 23.9 Å². The highest BCUT2D eigenvalue weighted by Gasteiger charge is 2.50. The minimum Gasteiger partial charge on any atom is -0.479 e. The number of carboxylic acids is 1. The lowest BCUT2D eigenvalue weighted by Crippen LogP contribution is -2.61. The van der Waals surface area contributed by atoms with Crippen LogP contribution in [0.5, 0.6) is 0 Å². The highest BCUT2D eigenvalue weighted by atomic mass is 16.7. The molecule has 1 heterocycles. The molecule has 0 aromatic heterocycles. The molecule has 1 rings (SSSR count). The van der Waals surface area contributed by atoms with Crippen LogP contribution in [-0.4, -0.2) is 89.2 Å². The Balaban J connectivity index is 2.59. The van der Waals surface area contributed by atoms with Gasteiger partial charge in [-0.2, -0.15) is 0 Å². The molecule has 0 aromatic rings. The Bertz CT molecular complexity index is 1490. The van der Waals surface area contributed by atoms with Crippen molar-refractivity contribution in [2.45, 2.75) is 404 Å². The van der Waals surface area contributed by atoms with Crippen LogP contribution in [0.15, 0.2) is 12.2 Å². The maximum absolute atomic E-state index is 13.2. The molecule has 6 atom stereocenters. The van der Waals surface area contributed by atoms with Gasteiger partial charge in [-0.1, -0.05) is 315 Å². The van der Waals surface area contributed by atoms with Gasteiger partial charge in [0.2, 0.25) is 0 Å². The summed E-state index contributed by atoms with van der Waals surface area (Å²) >= 11 is 0. The van der Waals surface area contributed by atoms with E-state index in [4.69, 9.17) is 23.7 Å². The maximum atomic E-state index is 13.2. The van der Waals surface area contributed by atoms with Crippen LogP contribution in [0.4, 0.5) is 0 Å². The van der Waals surface area contributed by atoms with Crippen molar-refractivity contribution in [1.82, 2.24) is 0 Å². The van der Waals surface area contributed by atoms with Gasteiger partial charge in [0.1, 0.15) is 18.8 Å². The van der Waals surface area contributed by atoms with Crippen LogP contribution in [0.1, 0.15) is 367 Å². The predicted molar refractivity (Wildman–Crippen MR) is 340 cm³/mol. The minimum absolute atomic E-state index is 0.0688. The normalized spacial score (nSPS) is 17.5. The molecule has 1 saturated heterocycles. The predicted octanol–water partition coefficient (Wildman–Crippen LogP) is 19.6. The van der Waals surface area contributed by atoms with E-state index in [9.17, 15) is 34.5 Å². The molecule has 1 fully saturated rings. The Morgan fingerprint density at radius 2 is 0.687 bits per heavy atom. The second-order valence-electron chi connectivity index (χ2n) is 24.9. The second kappa shape index (κ2) is 59.8. The van der Waals surface area contributed by atoms with E-state index in [0.717, 1.165) is 77.0 Å². The molecule has 1 aliphatic heterocycles. The molecule has 0 aromatic carbocycles. The zero-order valence-corrected chi connectivity index (χ0v) is 54.2. The highest BCUT2D eigenvalue weighted by Crippen LogP contribution is 2.27. The minimum atomic E-state index is -1.90. The van der Waals surface area contributed by atoms with E-state index < -0.39 is 67.3 Å². The van der Waals surface area contributed by atoms with Crippen molar-refractivity contribution in [3.8, 4) is 0 Å². The summed E-state index contributed by atoms with van der Waals surface area (Å²) in [6.07, 6.45) is 57.4. The smallest absolute Gasteiger partial charge is 0.335 e. The lowest BCUT2D eigenvalue weighted by molar-refractivity contribution is -0.301. The summed E-state index contributed by atoms with van der Waals surface area (Å²) in [4.78, 5) is 51.5. The van der Waals surface area contributed by atoms with Gasteiger partial charge in [0.05, 0.1) is 6.61 Å². The third-order valence-electron chi connectivity index (χ3n) is 16.8. The van der Waals surface area contributed by atoms with Crippen LogP contribution >= 0.6 is 0 Å². The molecule has 12 nitrogen and oxygen atoms in total. The van der Waals surface area contributed by atoms with Gasteiger partial charge in [0.15, 0.2) is 24.6 Å². The maximum Gasteiger partial charge on any atom is 0.335 e. The lowest BCUT2D eigenvalue weighted by Gasteiger charge is -2.40. The SMILES string of the molecule is CCCCCCCC/C=C\CCCCCCCC(=O)OC(COC(=O)CCCCCCCCCCCCCCCCCCCCC)COC1OC(C(=O)O)C(O)C(O)C1OC(=O)CCCCCCCCCCCCCCCCCCCCC. The number of carbonyl (C=O) groups is 4.